The Morgan fingerprint density at radius 2 is 1.48 bits per heavy atom. The average Bonchev–Trinajstić information content (AvgIpc) is 3.99. The van der Waals surface area contributed by atoms with Crippen LogP contribution in [-0.4, -0.2) is 54.5 Å². The van der Waals surface area contributed by atoms with Gasteiger partial charge in [0.15, 0.2) is 5.78 Å². The number of aromatic nitrogens is 3. The molecule has 1 saturated heterocycles. The minimum Gasteiger partial charge on any atom is -0.674 e. The second-order valence-corrected chi connectivity index (χ2v) is 19.4. The molecule has 3 aromatic rings. The monoisotopic (exact) mass is 892 g/mol. The van der Waals surface area contributed by atoms with Crippen LogP contribution in [0, 0.1) is 62.9 Å². The van der Waals surface area contributed by atoms with E-state index in [9.17, 15) is 14.4 Å². The summed E-state index contributed by atoms with van der Waals surface area (Å²) in [5, 5.41) is 6.78. The fraction of sp³-hybridized carbons (Fsp3) is 0.545. The Hall–Kier alpha value is -4.28. The summed E-state index contributed by atoms with van der Waals surface area (Å²) in [4.78, 5) is 56.5. The summed E-state index contributed by atoms with van der Waals surface area (Å²) < 4.78 is 11.0. The van der Waals surface area contributed by atoms with Crippen LogP contribution in [-0.2, 0) is 25.5 Å². The number of rotatable bonds is 20. The van der Waals surface area contributed by atoms with Gasteiger partial charge in [-0.2, -0.15) is 22.7 Å². The third-order valence-corrected chi connectivity index (χ3v) is 14.2. The molecule has 65 heavy (non-hydrogen) atoms. The zero-order chi connectivity index (χ0) is 46.4. The van der Waals surface area contributed by atoms with E-state index in [4.69, 9.17) is 36.3 Å². The average molecular weight is 893 g/mol. The number of nitrogens with zero attached hydrogens (tertiary/aromatic N) is 4. The van der Waals surface area contributed by atoms with E-state index < -0.39 is 11.9 Å². The Morgan fingerprint density at radius 3 is 2.12 bits per heavy atom. The number of carbonyl (C=O) groups is 3. The van der Waals surface area contributed by atoms with Crippen LogP contribution in [0.2, 0.25) is 0 Å². The number of ether oxygens (including phenoxy) is 2. The van der Waals surface area contributed by atoms with Crippen molar-refractivity contribution in [3.63, 3.8) is 0 Å². The second-order valence-electron chi connectivity index (χ2n) is 19.4. The van der Waals surface area contributed by atoms with E-state index in [1.54, 1.807) is 6.08 Å². The molecule has 6 rings (SSSR count). The van der Waals surface area contributed by atoms with Crippen molar-refractivity contribution in [3.05, 3.63) is 102 Å². The Kier molecular flexibility index (Phi) is 18.3. The number of methoxy groups -OCH3 is 1. The molecule has 346 valence electrons. The third kappa shape index (κ3) is 11.6. The molecule has 0 spiro atoms. The van der Waals surface area contributed by atoms with Crippen LogP contribution in [0.3, 0.4) is 0 Å². The molecule has 5 heterocycles. The summed E-state index contributed by atoms with van der Waals surface area (Å²) in [6.45, 7) is 28.0. The molecule has 3 aromatic heterocycles. The summed E-state index contributed by atoms with van der Waals surface area (Å²) in [6, 6.07) is 0. The zero-order valence-electron chi connectivity index (χ0n) is 41.2. The topological polar surface area (TPSA) is 126 Å². The van der Waals surface area contributed by atoms with Crippen molar-refractivity contribution < 1.29 is 23.9 Å². The van der Waals surface area contributed by atoms with Gasteiger partial charge >= 0.3 is 35.0 Å². The van der Waals surface area contributed by atoms with Crippen molar-refractivity contribution in [3.8, 4) is 0 Å². The standard InChI is InChI=1S/C55H72N4O5.Mg/c1-13-39-35(8)42-28-44-37(10)41(24-25-48(60)64-27-26-34(7)23-17-22-33(6)21-16-20-32(5)19-15-18-31(3)4)52(58-44)50-51(55(62)63-12)54(61)49-38(11)45(59-53(49)50)30-47-40(14-2)36(9)43(57-47)29-46(39)56-42;/h1,13,26,28-33,37,41,51H,14-25,27H2,2-12H3,(H-,58,59,61);/q-4;+2/p-1/b34-26-,43-29-,44-28-,47-30-;/t32-,33-,37+,41+,51-;/m1./s1. The smallest absolute Gasteiger partial charge is 0.674 e. The normalized spacial score (nSPS) is 21.7. The van der Waals surface area contributed by atoms with Crippen LogP contribution in [0.5, 0.6) is 0 Å². The molecule has 0 aromatic carbocycles. The maximum atomic E-state index is 14.4. The Balaban J connectivity index is 0.00000793. The number of fused-ring (bicyclic) bond motifs is 7. The van der Waals surface area contributed by atoms with E-state index in [0.29, 0.717) is 57.5 Å². The van der Waals surface area contributed by atoms with E-state index >= 15 is 0 Å². The molecule has 1 aliphatic carbocycles. The van der Waals surface area contributed by atoms with Gasteiger partial charge in [-0.1, -0.05) is 133 Å². The first-order valence-electron chi connectivity index (χ1n) is 23.9. The number of hydrogen-bond acceptors (Lipinski definition) is 5. The fourth-order valence-corrected chi connectivity index (χ4v) is 10.0. The number of allylic oxidation sites excluding steroid dienone is 3. The van der Waals surface area contributed by atoms with Gasteiger partial charge in [0, 0.05) is 12.0 Å². The van der Waals surface area contributed by atoms with Crippen molar-refractivity contribution in [1.82, 2.24) is 15.0 Å². The fourth-order valence-electron chi connectivity index (χ4n) is 10.0. The minimum absolute atomic E-state index is 0. The van der Waals surface area contributed by atoms with Crippen LogP contribution in [0.1, 0.15) is 180 Å². The first-order valence-corrected chi connectivity index (χ1v) is 23.9. The predicted molar refractivity (Wildman–Crippen MR) is 263 cm³/mol. The summed E-state index contributed by atoms with van der Waals surface area (Å²) >= 11 is 0. The molecule has 0 saturated carbocycles. The molecular weight excluding hydrogens is 821 g/mol. The molecule has 0 unspecified atom stereocenters. The van der Waals surface area contributed by atoms with Gasteiger partial charge < -0.3 is 29.7 Å². The number of hydrogen-bond donors (Lipinski definition) is 0. The molecule has 5 atom stereocenters. The van der Waals surface area contributed by atoms with Crippen molar-refractivity contribution in [1.29, 1.82) is 0 Å². The van der Waals surface area contributed by atoms with Gasteiger partial charge in [0.2, 0.25) is 0 Å². The zero-order valence-corrected chi connectivity index (χ0v) is 42.6. The maximum Gasteiger partial charge on any atom is 2.00 e. The van der Waals surface area contributed by atoms with E-state index in [-0.39, 0.29) is 59.7 Å². The molecule has 3 aliphatic rings. The van der Waals surface area contributed by atoms with Gasteiger partial charge in [-0.15, -0.1) is 33.7 Å². The summed E-state index contributed by atoms with van der Waals surface area (Å²) in [5.41, 5.74) is 10.3. The van der Waals surface area contributed by atoms with Crippen LogP contribution in [0.4, 0.5) is 0 Å². The Morgan fingerprint density at radius 1 is 0.831 bits per heavy atom. The quantitative estimate of drug-likeness (QED) is 0.0361. The largest absolute Gasteiger partial charge is 2.00 e. The summed E-state index contributed by atoms with van der Waals surface area (Å²) in [7, 11) is 1.29. The molecule has 2 aliphatic heterocycles. The first-order chi connectivity index (χ1) is 30.6. The number of ketones is 1. The molecule has 0 N–H and O–H groups in total. The molecular formula is C55H71MgN4O5-3. The molecule has 8 bridgehead atoms. The van der Waals surface area contributed by atoms with Crippen LogP contribution < -0.4 is 25.7 Å². The van der Waals surface area contributed by atoms with Crippen LogP contribution >= 0.6 is 0 Å². The van der Waals surface area contributed by atoms with Crippen LogP contribution in [0.25, 0.3) is 35.2 Å². The van der Waals surface area contributed by atoms with E-state index in [1.807, 2.05) is 38.2 Å². The predicted octanol–water partition coefficient (Wildman–Crippen LogP) is 10.2. The number of carbonyl (C=O) groups excluding carboxylic acids is 3. The van der Waals surface area contributed by atoms with Crippen molar-refractivity contribution in [2.24, 2.45) is 35.5 Å². The van der Waals surface area contributed by atoms with E-state index in [1.165, 1.54) is 57.6 Å². The van der Waals surface area contributed by atoms with Gasteiger partial charge in [0.1, 0.15) is 12.5 Å². The summed E-state index contributed by atoms with van der Waals surface area (Å²) in [5.74, 6) is -0.774. The van der Waals surface area contributed by atoms with Gasteiger partial charge in [-0.05, 0) is 82.1 Å². The molecule has 0 radical (unpaired) electrons. The molecule has 0 amide bonds. The molecule has 10 heteroatoms. The van der Waals surface area contributed by atoms with Gasteiger partial charge in [0.25, 0.3) is 0 Å². The van der Waals surface area contributed by atoms with E-state index in [0.717, 1.165) is 69.7 Å². The van der Waals surface area contributed by atoms with Gasteiger partial charge in [-0.25, -0.2) is 11.8 Å². The van der Waals surface area contributed by atoms with Gasteiger partial charge in [0.05, 0.1) is 7.11 Å². The van der Waals surface area contributed by atoms with Gasteiger partial charge in [-0.3, -0.25) is 21.0 Å². The third-order valence-electron chi connectivity index (χ3n) is 14.2. The second kappa shape index (κ2) is 22.9. The summed E-state index contributed by atoms with van der Waals surface area (Å²) in [6.07, 6.45) is 22.0. The maximum absolute atomic E-state index is 14.4. The van der Waals surface area contributed by atoms with Crippen molar-refractivity contribution in [2.75, 3.05) is 13.7 Å². The Labute approximate surface area is 404 Å². The SMILES string of the molecule is [CH-]=Cc1c2[n-]c(c1C)/C=C1\[N-]/C(=C3\c4[n-]c(c(C)c4C(=O)[C@@H]3C(=O)OC)/C=c3\[n-]/c(c(C)c3CC)=C\2)[C@@H](CCC(=O)OC/C=C(/C)CCC[C@H](C)CCC[C@H](C)CCCC(C)C)[C@@H]1C.[Mg+2]. The number of esters is 2. The minimum atomic E-state index is -1.23. The van der Waals surface area contributed by atoms with Crippen LogP contribution in [0.15, 0.2) is 23.0 Å². The van der Waals surface area contributed by atoms with Crippen molar-refractivity contribution >= 4 is 70.7 Å². The first kappa shape index (κ1) is 51.7. The van der Waals surface area contributed by atoms with Crippen molar-refractivity contribution in [2.45, 2.75) is 146 Å². The Bertz CT molecular complexity index is 2450. The van der Waals surface area contributed by atoms with E-state index in [2.05, 4.69) is 55.4 Å². The molecule has 9 nitrogen and oxygen atoms in total. The molecule has 1 fully saturated rings. The number of Topliss-reactive ketones (excluding diaryl/α,β-unsaturated/α-hetero) is 1.